The quantitative estimate of drug-likeness (QED) is 0.0517. The number of halogens is 2. The molecule has 1 amide bonds. The molecule has 1 atom stereocenters. The van der Waals surface area contributed by atoms with E-state index in [1.807, 2.05) is 79.7 Å². The maximum absolute atomic E-state index is 13.5. The number of imidazole rings is 1. The molecule has 1 aliphatic heterocycles. The molecule has 272 valence electrons. The van der Waals surface area contributed by atoms with E-state index in [4.69, 9.17) is 27.1 Å². The number of ether oxygens (including phenoxy) is 1. The molecule has 0 bridgehead atoms. The van der Waals surface area contributed by atoms with Crippen molar-refractivity contribution in [3.63, 3.8) is 0 Å². The van der Waals surface area contributed by atoms with Crippen LogP contribution in [0.2, 0.25) is 5.02 Å². The summed E-state index contributed by atoms with van der Waals surface area (Å²) in [5.74, 6) is 1.48. The van der Waals surface area contributed by atoms with Crippen LogP contribution in [0.1, 0.15) is 49.9 Å². The van der Waals surface area contributed by atoms with Gasteiger partial charge in [0.2, 0.25) is 0 Å². The highest BCUT2D eigenvalue weighted by atomic mass is 127. The van der Waals surface area contributed by atoms with Crippen LogP contribution in [0.5, 0.6) is 11.5 Å². The molecule has 3 heterocycles. The monoisotopic (exact) mass is 857 g/mol. The summed E-state index contributed by atoms with van der Waals surface area (Å²) in [6, 6.07) is 25.5. The summed E-state index contributed by atoms with van der Waals surface area (Å²) >= 11 is 8.41. The highest BCUT2D eigenvalue weighted by Gasteiger charge is 2.30. The second-order valence-electron chi connectivity index (χ2n) is 13.3. The van der Waals surface area contributed by atoms with E-state index in [1.54, 1.807) is 36.7 Å². The third-order valence-electron chi connectivity index (χ3n) is 9.59. The first-order valence-electron chi connectivity index (χ1n) is 17.4. The Labute approximate surface area is 335 Å². The molecular formula is C44H33ClIN5O4. The van der Waals surface area contributed by atoms with Crippen molar-refractivity contribution in [1.29, 1.82) is 0 Å². The number of ketones is 1. The smallest absolute Gasteiger partial charge is 0.251 e. The molecule has 1 unspecified atom stereocenters. The number of alkyl halides is 1. The van der Waals surface area contributed by atoms with Gasteiger partial charge in [-0.15, -0.1) is 0 Å². The van der Waals surface area contributed by atoms with Gasteiger partial charge < -0.3 is 25.9 Å². The molecule has 0 saturated heterocycles. The number of hydrogen-bond acceptors (Lipinski definition) is 7. The van der Waals surface area contributed by atoms with Crippen LogP contribution >= 0.6 is 34.2 Å². The number of H-pyrrole nitrogens is 1. The number of aryl methyl sites for hydroxylation is 1. The van der Waals surface area contributed by atoms with Crippen LogP contribution in [0.25, 0.3) is 39.5 Å². The van der Waals surface area contributed by atoms with Crippen LogP contribution in [0.3, 0.4) is 0 Å². The maximum Gasteiger partial charge on any atom is 0.251 e. The number of carbonyl (C=O) groups excluding carboxylic acids is 2. The summed E-state index contributed by atoms with van der Waals surface area (Å²) in [6.45, 7) is 3.75. The normalized spacial score (nSPS) is 14.5. The van der Waals surface area contributed by atoms with Crippen molar-refractivity contribution in [2.45, 2.75) is 24.3 Å². The molecule has 8 rings (SSSR count). The number of anilines is 1. The van der Waals surface area contributed by atoms with Gasteiger partial charge >= 0.3 is 0 Å². The first-order valence-corrected chi connectivity index (χ1v) is 19.1. The Balaban J connectivity index is 1.05. The summed E-state index contributed by atoms with van der Waals surface area (Å²) in [7, 11) is 0. The molecule has 9 nitrogen and oxygen atoms in total. The van der Waals surface area contributed by atoms with Gasteiger partial charge in [0.25, 0.3) is 5.91 Å². The lowest BCUT2D eigenvalue weighted by atomic mass is 9.82. The Morgan fingerprint density at radius 2 is 1.75 bits per heavy atom. The van der Waals surface area contributed by atoms with Gasteiger partial charge in [0.15, 0.2) is 5.78 Å². The van der Waals surface area contributed by atoms with E-state index in [0.717, 1.165) is 50.2 Å². The van der Waals surface area contributed by atoms with Crippen LogP contribution in [0.4, 0.5) is 5.69 Å². The third-order valence-corrected chi connectivity index (χ3v) is 10.7. The van der Waals surface area contributed by atoms with E-state index >= 15 is 0 Å². The Morgan fingerprint density at radius 1 is 0.982 bits per heavy atom. The minimum absolute atomic E-state index is 0.0318. The topological polar surface area (TPSA) is 143 Å². The number of nitrogens with zero attached hydrogens (tertiary/aromatic N) is 2. The summed E-state index contributed by atoms with van der Waals surface area (Å²) in [4.78, 5) is 39.2. The largest absolute Gasteiger partial charge is 0.506 e. The number of aromatic nitrogens is 3. The molecule has 4 aromatic carbocycles. The number of pyridine rings is 1. The van der Waals surface area contributed by atoms with Gasteiger partial charge in [0.05, 0.1) is 20.3 Å². The van der Waals surface area contributed by atoms with Crippen LogP contribution in [-0.2, 0) is 6.54 Å². The number of allylic oxidation sites excluding steroid dienone is 3. The SMILES string of the molecule is CC(=O)c1cc(C(=O)NCc2ccc(-c3nc(-c4ccc(Cl)c(O)c4)c(-c4ccncc4)[nH]3)cc2)ccc1C1=C2C=CC(I)C=C2Oc2cc(N)cc(C)c21. The number of fused-ring (bicyclic) bond motifs is 2. The molecule has 0 spiro atoms. The molecule has 5 N–H and O–H groups in total. The second-order valence-corrected chi connectivity index (χ2v) is 15.2. The van der Waals surface area contributed by atoms with Crippen molar-refractivity contribution in [3.8, 4) is 45.4 Å². The number of phenolic OH excluding ortho intramolecular Hbond substituents is 1. The van der Waals surface area contributed by atoms with Crippen molar-refractivity contribution < 1.29 is 19.4 Å². The molecule has 0 fully saturated rings. The highest BCUT2D eigenvalue weighted by molar-refractivity contribution is 14.1. The summed E-state index contributed by atoms with van der Waals surface area (Å²) in [5, 5.41) is 13.6. The minimum Gasteiger partial charge on any atom is -0.506 e. The molecule has 2 aromatic heterocycles. The number of carbonyl (C=O) groups is 2. The highest BCUT2D eigenvalue weighted by Crippen LogP contribution is 2.47. The van der Waals surface area contributed by atoms with Crippen molar-refractivity contribution in [1.82, 2.24) is 20.3 Å². The number of phenols is 1. The molecule has 1 aliphatic carbocycles. The fourth-order valence-electron chi connectivity index (χ4n) is 6.94. The summed E-state index contributed by atoms with van der Waals surface area (Å²) < 4.78 is 6.49. The number of hydrogen-bond donors (Lipinski definition) is 4. The second kappa shape index (κ2) is 14.7. The lowest BCUT2D eigenvalue weighted by molar-refractivity contribution is 0.0951. The van der Waals surface area contributed by atoms with Gasteiger partial charge in [0, 0.05) is 75.2 Å². The zero-order chi connectivity index (χ0) is 38.4. The number of Topliss-reactive ketones (excluding diaryl/α,β-unsaturated/α-hetero) is 1. The first-order chi connectivity index (χ1) is 26.5. The summed E-state index contributed by atoms with van der Waals surface area (Å²) in [5.41, 5.74) is 16.6. The van der Waals surface area contributed by atoms with E-state index in [1.165, 1.54) is 6.92 Å². The molecule has 0 radical (unpaired) electrons. The van der Waals surface area contributed by atoms with Crippen LogP contribution < -0.4 is 15.8 Å². The van der Waals surface area contributed by atoms with Crippen molar-refractivity contribution in [2.24, 2.45) is 0 Å². The predicted molar refractivity (Wildman–Crippen MR) is 224 cm³/mol. The van der Waals surface area contributed by atoms with Crippen LogP contribution in [0, 0.1) is 6.92 Å². The van der Waals surface area contributed by atoms with Gasteiger partial charge in [-0.05, 0) is 79.1 Å². The average Bonchev–Trinajstić information content (AvgIpc) is 3.63. The first kappa shape index (κ1) is 36.0. The number of aromatic hydroxyl groups is 1. The van der Waals surface area contributed by atoms with Crippen molar-refractivity contribution in [2.75, 3.05) is 5.73 Å². The average molecular weight is 858 g/mol. The van der Waals surface area contributed by atoms with E-state index in [9.17, 15) is 14.7 Å². The molecule has 0 saturated carbocycles. The standard InChI is InChI=1S/C44H33ClIN5O4/c1-23-17-31(47)21-38-39(23)40(33-11-9-30(46)20-37(33)55-38)32-10-7-29(18-34(32)24(2)52)44(54)49-22-25-3-5-27(6-4-25)43-50-41(26-13-15-48-16-14-26)42(51-43)28-8-12-35(45)36(53)19-28/h3-21,30,53H,22,47H2,1-2H3,(H,49,54)(H,50,51). The fourth-order valence-corrected chi connectivity index (χ4v) is 7.59. The van der Waals surface area contributed by atoms with Gasteiger partial charge in [-0.3, -0.25) is 14.6 Å². The number of amides is 1. The minimum atomic E-state index is -0.304. The van der Waals surface area contributed by atoms with Crippen molar-refractivity contribution in [3.05, 3.63) is 165 Å². The number of nitrogen functional groups attached to an aromatic ring is 1. The predicted octanol–water partition coefficient (Wildman–Crippen LogP) is 9.64. The molecule has 2 aliphatic rings. The maximum atomic E-state index is 13.5. The molecule has 6 aromatic rings. The van der Waals surface area contributed by atoms with Crippen LogP contribution in [0.15, 0.2) is 127 Å². The van der Waals surface area contributed by atoms with Crippen molar-refractivity contribution >= 4 is 57.1 Å². The number of aromatic amines is 1. The number of benzene rings is 4. The Morgan fingerprint density at radius 3 is 2.49 bits per heavy atom. The molecular weight excluding hydrogens is 825 g/mol. The Hall–Kier alpha value is -5.98. The van der Waals surface area contributed by atoms with Gasteiger partial charge in [-0.1, -0.05) is 82.7 Å². The van der Waals surface area contributed by atoms with E-state index in [-0.39, 0.29) is 32.9 Å². The number of nitrogens with two attached hydrogens (primary N) is 1. The summed E-state index contributed by atoms with van der Waals surface area (Å²) in [6.07, 6.45) is 9.58. The molecule has 11 heteroatoms. The zero-order valence-electron chi connectivity index (χ0n) is 29.7. The number of nitrogens with one attached hydrogen (secondary N) is 2. The number of rotatable bonds is 8. The third kappa shape index (κ3) is 7.06. The Kier molecular flexibility index (Phi) is 9.62. The molecule has 55 heavy (non-hydrogen) atoms. The van der Waals surface area contributed by atoms with E-state index in [0.29, 0.717) is 45.4 Å². The fraction of sp³-hybridized carbons (Fsp3) is 0.0909. The lowest BCUT2D eigenvalue weighted by Crippen LogP contribution is -2.23. The van der Waals surface area contributed by atoms with Gasteiger partial charge in [-0.2, -0.15) is 0 Å². The zero-order valence-corrected chi connectivity index (χ0v) is 32.6. The van der Waals surface area contributed by atoms with Crippen LogP contribution in [-0.4, -0.2) is 35.7 Å². The lowest BCUT2D eigenvalue weighted by Gasteiger charge is -2.29. The van der Waals surface area contributed by atoms with E-state index in [2.05, 4.69) is 44.0 Å². The van der Waals surface area contributed by atoms with Gasteiger partial charge in [-0.25, -0.2) is 4.98 Å². The Bertz CT molecular complexity index is 2630. The van der Waals surface area contributed by atoms with E-state index < -0.39 is 0 Å². The van der Waals surface area contributed by atoms with Gasteiger partial charge in [0.1, 0.15) is 23.1 Å².